The highest BCUT2D eigenvalue weighted by Crippen LogP contribution is 2.16. The molecule has 0 atom stereocenters. The van der Waals surface area contributed by atoms with Crippen molar-refractivity contribution in [3.63, 3.8) is 0 Å². The van der Waals surface area contributed by atoms with Gasteiger partial charge in [0.15, 0.2) is 0 Å². The van der Waals surface area contributed by atoms with Gasteiger partial charge < -0.3 is 5.11 Å². The van der Waals surface area contributed by atoms with Crippen LogP contribution in [0.2, 0.25) is 0 Å². The summed E-state index contributed by atoms with van der Waals surface area (Å²) in [6.07, 6.45) is 1.50. The highest BCUT2D eigenvalue weighted by atomic mass is 32.1. The van der Waals surface area contributed by atoms with Crippen molar-refractivity contribution in [3.05, 3.63) is 51.5 Å². The second-order valence-electron chi connectivity index (χ2n) is 3.92. The first-order valence-electron chi connectivity index (χ1n) is 5.38. The van der Waals surface area contributed by atoms with E-state index in [0.717, 1.165) is 6.42 Å². The second kappa shape index (κ2) is 5.10. The molecule has 2 aromatic rings. The largest absolute Gasteiger partial charge is 0.477 e. The number of aryl methyl sites for hydroxylation is 3. The average Bonchev–Trinajstić information content (AvgIpc) is 2.74. The number of hydrogen-bond donors (Lipinski definition) is 1. The zero-order valence-corrected chi connectivity index (χ0v) is 10.3. The highest BCUT2D eigenvalue weighted by Gasteiger charge is 2.12. The summed E-state index contributed by atoms with van der Waals surface area (Å²) >= 11 is 1.19. The molecule has 1 heterocycles. The van der Waals surface area contributed by atoms with Gasteiger partial charge in [-0.25, -0.2) is 9.78 Å². The van der Waals surface area contributed by atoms with Crippen molar-refractivity contribution in [2.45, 2.75) is 19.8 Å². The van der Waals surface area contributed by atoms with Gasteiger partial charge in [-0.1, -0.05) is 29.8 Å². The monoisotopic (exact) mass is 247 g/mol. The Morgan fingerprint density at radius 1 is 1.41 bits per heavy atom. The Balaban J connectivity index is 2.07. The van der Waals surface area contributed by atoms with Crippen molar-refractivity contribution < 1.29 is 9.90 Å². The lowest BCUT2D eigenvalue weighted by Crippen LogP contribution is -2.01. The minimum absolute atomic E-state index is 0.359. The molecule has 1 N–H and O–H groups in total. The minimum atomic E-state index is -0.883. The molecule has 0 aliphatic rings. The van der Waals surface area contributed by atoms with Crippen molar-refractivity contribution in [2.24, 2.45) is 0 Å². The number of carbonyl (C=O) groups is 1. The fourth-order valence-electron chi connectivity index (χ4n) is 1.75. The molecule has 17 heavy (non-hydrogen) atoms. The second-order valence-corrected chi connectivity index (χ2v) is 4.78. The molecule has 4 heteroatoms. The number of rotatable bonds is 4. The van der Waals surface area contributed by atoms with Crippen molar-refractivity contribution in [3.8, 4) is 0 Å². The average molecular weight is 247 g/mol. The molecule has 0 radical (unpaired) electrons. The predicted octanol–water partition coefficient (Wildman–Crippen LogP) is 2.93. The first-order valence-corrected chi connectivity index (χ1v) is 6.26. The van der Waals surface area contributed by atoms with Crippen LogP contribution in [0.1, 0.15) is 26.5 Å². The van der Waals surface area contributed by atoms with Crippen LogP contribution in [-0.2, 0) is 12.8 Å². The molecule has 0 aliphatic carbocycles. The van der Waals surface area contributed by atoms with E-state index in [9.17, 15) is 4.79 Å². The zero-order chi connectivity index (χ0) is 12.3. The summed E-state index contributed by atoms with van der Waals surface area (Å²) in [5.74, 6) is -0.883. The molecule has 0 amide bonds. The van der Waals surface area contributed by atoms with Crippen LogP contribution in [0.15, 0.2) is 29.8 Å². The van der Waals surface area contributed by atoms with Crippen LogP contribution >= 0.6 is 11.3 Å². The number of nitrogens with zero attached hydrogens (tertiary/aromatic N) is 1. The molecule has 2 rings (SSSR count). The van der Waals surface area contributed by atoms with Gasteiger partial charge in [0.2, 0.25) is 0 Å². The highest BCUT2D eigenvalue weighted by molar-refractivity contribution is 7.11. The third kappa shape index (κ3) is 2.91. The standard InChI is InChI=1S/C13H13NO2S/c1-9-3-2-4-10(7-9)5-6-11-12(13(15)16)17-8-14-11/h2-4,7-8H,5-6H2,1H3,(H,15,16). The molecule has 0 unspecified atom stereocenters. The Bertz CT molecular complexity index is 534. The van der Waals surface area contributed by atoms with Crippen molar-refractivity contribution >= 4 is 17.3 Å². The number of aromatic carboxylic acids is 1. The van der Waals surface area contributed by atoms with Gasteiger partial charge in [0, 0.05) is 0 Å². The van der Waals surface area contributed by atoms with Crippen LogP contribution in [0.4, 0.5) is 0 Å². The van der Waals surface area contributed by atoms with E-state index in [1.54, 1.807) is 5.51 Å². The van der Waals surface area contributed by atoms with E-state index >= 15 is 0 Å². The Morgan fingerprint density at radius 2 is 2.24 bits per heavy atom. The molecule has 3 nitrogen and oxygen atoms in total. The lowest BCUT2D eigenvalue weighted by molar-refractivity contribution is 0.0700. The first-order chi connectivity index (χ1) is 8.16. The fourth-order valence-corrected chi connectivity index (χ4v) is 2.43. The van der Waals surface area contributed by atoms with Crippen molar-refractivity contribution in [2.75, 3.05) is 0 Å². The van der Waals surface area contributed by atoms with Crippen LogP contribution in [-0.4, -0.2) is 16.1 Å². The van der Waals surface area contributed by atoms with Gasteiger partial charge in [-0.3, -0.25) is 0 Å². The maximum Gasteiger partial charge on any atom is 0.347 e. The maximum absolute atomic E-state index is 10.9. The summed E-state index contributed by atoms with van der Waals surface area (Å²) in [5, 5.41) is 8.97. The molecule has 1 aromatic heterocycles. The van der Waals surface area contributed by atoms with Gasteiger partial charge in [-0.2, -0.15) is 0 Å². The van der Waals surface area contributed by atoms with E-state index in [-0.39, 0.29) is 0 Å². The number of hydrogen-bond acceptors (Lipinski definition) is 3. The third-order valence-corrected chi connectivity index (χ3v) is 3.43. The Morgan fingerprint density at radius 3 is 2.94 bits per heavy atom. The van der Waals surface area contributed by atoms with Gasteiger partial charge in [0.1, 0.15) is 4.88 Å². The zero-order valence-electron chi connectivity index (χ0n) is 9.51. The van der Waals surface area contributed by atoms with Gasteiger partial charge in [-0.05, 0) is 25.3 Å². The molecular formula is C13H13NO2S. The summed E-state index contributed by atoms with van der Waals surface area (Å²) in [5.41, 5.74) is 4.72. The first kappa shape index (κ1) is 11.8. The Hall–Kier alpha value is -1.68. The van der Waals surface area contributed by atoms with E-state index in [1.807, 2.05) is 6.07 Å². The van der Waals surface area contributed by atoms with Gasteiger partial charge >= 0.3 is 5.97 Å². The van der Waals surface area contributed by atoms with Crippen LogP contribution in [0.25, 0.3) is 0 Å². The SMILES string of the molecule is Cc1cccc(CCc2ncsc2C(=O)O)c1. The molecule has 0 saturated carbocycles. The summed E-state index contributed by atoms with van der Waals surface area (Å²) in [6.45, 7) is 2.05. The van der Waals surface area contributed by atoms with E-state index in [1.165, 1.54) is 22.5 Å². The van der Waals surface area contributed by atoms with Gasteiger partial charge in [0.05, 0.1) is 11.2 Å². The molecule has 0 fully saturated rings. The summed E-state index contributed by atoms with van der Waals surface area (Å²) in [6, 6.07) is 8.24. The third-order valence-electron chi connectivity index (χ3n) is 2.57. The molecule has 1 aromatic carbocycles. The molecule has 88 valence electrons. The number of thiazole rings is 1. The number of benzene rings is 1. The fraction of sp³-hybridized carbons (Fsp3) is 0.231. The number of aromatic nitrogens is 1. The Labute approximate surface area is 104 Å². The topological polar surface area (TPSA) is 50.2 Å². The summed E-state index contributed by atoms with van der Waals surface area (Å²) in [7, 11) is 0. The predicted molar refractivity (Wildman–Crippen MR) is 67.7 cm³/mol. The number of carboxylic acids is 1. The molecule has 0 saturated heterocycles. The Kier molecular flexibility index (Phi) is 3.54. The normalized spacial score (nSPS) is 10.4. The number of carboxylic acid groups (broad SMARTS) is 1. The van der Waals surface area contributed by atoms with Crippen LogP contribution in [0.3, 0.4) is 0 Å². The van der Waals surface area contributed by atoms with Crippen LogP contribution < -0.4 is 0 Å². The van der Waals surface area contributed by atoms with Crippen molar-refractivity contribution in [1.29, 1.82) is 0 Å². The van der Waals surface area contributed by atoms with Gasteiger partial charge in [0.25, 0.3) is 0 Å². The van der Waals surface area contributed by atoms with E-state index < -0.39 is 5.97 Å². The van der Waals surface area contributed by atoms with Gasteiger partial charge in [-0.15, -0.1) is 11.3 Å². The van der Waals surface area contributed by atoms with E-state index in [2.05, 4.69) is 30.1 Å². The van der Waals surface area contributed by atoms with E-state index in [4.69, 9.17) is 5.11 Å². The van der Waals surface area contributed by atoms with Crippen LogP contribution in [0, 0.1) is 6.92 Å². The molecule has 0 aliphatic heterocycles. The van der Waals surface area contributed by atoms with Crippen LogP contribution in [0.5, 0.6) is 0 Å². The minimum Gasteiger partial charge on any atom is -0.477 e. The lowest BCUT2D eigenvalue weighted by Gasteiger charge is -2.01. The summed E-state index contributed by atoms with van der Waals surface area (Å²) < 4.78 is 0. The quantitative estimate of drug-likeness (QED) is 0.903. The summed E-state index contributed by atoms with van der Waals surface area (Å²) in [4.78, 5) is 15.4. The van der Waals surface area contributed by atoms with Crippen molar-refractivity contribution in [1.82, 2.24) is 4.98 Å². The smallest absolute Gasteiger partial charge is 0.347 e. The lowest BCUT2D eigenvalue weighted by atomic mass is 10.1. The maximum atomic E-state index is 10.9. The molecular weight excluding hydrogens is 234 g/mol. The van der Waals surface area contributed by atoms with E-state index in [0.29, 0.717) is 17.0 Å². The molecule has 0 bridgehead atoms. The molecule has 0 spiro atoms.